The Bertz CT molecular complexity index is 466. The third-order valence-electron chi connectivity index (χ3n) is 2.49. The minimum absolute atomic E-state index is 0.142. The van der Waals surface area contributed by atoms with Crippen LogP contribution in [0.2, 0.25) is 0 Å². The average molecular weight is 237 g/mol. The smallest absolute Gasteiger partial charge is 0.168 e. The van der Waals surface area contributed by atoms with Gasteiger partial charge in [-0.05, 0) is 42.8 Å². The number of aryl methyl sites for hydroxylation is 2. The van der Waals surface area contributed by atoms with Gasteiger partial charge in [0.15, 0.2) is 5.82 Å². The van der Waals surface area contributed by atoms with Gasteiger partial charge in [0.05, 0.1) is 12.6 Å². The van der Waals surface area contributed by atoms with E-state index in [1.54, 1.807) is 16.0 Å². The molecule has 0 aliphatic rings. The summed E-state index contributed by atoms with van der Waals surface area (Å²) in [7, 11) is 0. The first kappa shape index (κ1) is 11.2. The van der Waals surface area contributed by atoms with Crippen molar-refractivity contribution in [2.24, 2.45) is 5.73 Å². The van der Waals surface area contributed by atoms with Gasteiger partial charge in [-0.3, -0.25) is 0 Å². The first-order chi connectivity index (χ1) is 7.58. The van der Waals surface area contributed by atoms with Crippen molar-refractivity contribution >= 4 is 11.3 Å². The first-order valence-corrected chi connectivity index (χ1v) is 5.97. The maximum atomic E-state index is 5.79. The van der Waals surface area contributed by atoms with Gasteiger partial charge >= 0.3 is 0 Å². The van der Waals surface area contributed by atoms with Crippen LogP contribution in [0.4, 0.5) is 0 Å². The number of hydrogen-bond donors (Lipinski definition) is 1. The molecule has 0 saturated heterocycles. The third kappa shape index (κ3) is 2.12. The molecule has 2 rings (SSSR count). The standard InChI is InChI=1S/C10H15N5S/c1-6-4-9(16-8(6)3)5-15-10(7(2)11)12-13-14-15/h4,7H,5,11H2,1-3H3. The maximum absolute atomic E-state index is 5.79. The van der Waals surface area contributed by atoms with E-state index >= 15 is 0 Å². The normalized spacial score (nSPS) is 13.0. The lowest BCUT2D eigenvalue weighted by atomic mass is 10.3. The molecule has 1 atom stereocenters. The van der Waals surface area contributed by atoms with Crippen LogP contribution in [0, 0.1) is 13.8 Å². The number of nitrogens with zero attached hydrogens (tertiary/aromatic N) is 4. The predicted molar refractivity (Wildman–Crippen MR) is 63.3 cm³/mol. The Morgan fingerprint density at radius 2 is 2.25 bits per heavy atom. The molecule has 0 aliphatic carbocycles. The Hall–Kier alpha value is -1.27. The molecular formula is C10H15N5S. The molecule has 2 aromatic rings. The molecule has 0 saturated carbocycles. The highest BCUT2D eigenvalue weighted by Gasteiger charge is 2.11. The zero-order chi connectivity index (χ0) is 11.7. The van der Waals surface area contributed by atoms with Gasteiger partial charge in [0.1, 0.15) is 0 Å². The quantitative estimate of drug-likeness (QED) is 0.876. The summed E-state index contributed by atoms with van der Waals surface area (Å²) in [5.74, 6) is 0.726. The van der Waals surface area contributed by atoms with Gasteiger partial charge < -0.3 is 5.73 Å². The van der Waals surface area contributed by atoms with Gasteiger partial charge in [-0.1, -0.05) is 0 Å². The molecule has 2 heterocycles. The van der Waals surface area contributed by atoms with Gasteiger partial charge in [0, 0.05) is 9.75 Å². The van der Waals surface area contributed by atoms with E-state index < -0.39 is 0 Å². The lowest BCUT2D eigenvalue weighted by molar-refractivity contribution is 0.592. The minimum Gasteiger partial charge on any atom is -0.322 e. The molecule has 1 unspecified atom stereocenters. The highest BCUT2D eigenvalue weighted by Crippen LogP contribution is 2.21. The fourth-order valence-electron chi connectivity index (χ4n) is 1.53. The molecule has 6 heteroatoms. The maximum Gasteiger partial charge on any atom is 0.168 e. The Morgan fingerprint density at radius 3 is 2.81 bits per heavy atom. The molecule has 0 bridgehead atoms. The summed E-state index contributed by atoms with van der Waals surface area (Å²) >= 11 is 1.78. The van der Waals surface area contributed by atoms with Crippen LogP contribution >= 0.6 is 11.3 Å². The van der Waals surface area contributed by atoms with E-state index in [-0.39, 0.29) is 6.04 Å². The van der Waals surface area contributed by atoms with Crippen molar-refractivity contribution in [3.8, 4) is 0 Å². The van der Waals surface area contributed by atoms with E-state index in [1.807, 2.05) is 6.92 Å². The summed E-state index contributed by atoms with van der Waals surface area (Å²) in [5.41, 5.74) is 7.10. The SMILES string of the molecule is Cc1cc(Cn2nnnc2C(C)N)sc1C. The fraction of sp³-hybridized carbons (Fsp3) is 0.500. The zero-order valence-electron chi connectivity index (χ0n) is 9.64. The van der Waals surface area contributed by atoms with Crippen molar-refractivity contribution in [2.45, 2.75) is 33.4 Å². The summed E-state index contributed by atoms with van der Waals surface area (Å²) in [6.45, 7) is 6.81. The molecule has 0 amide bonds. The van der Waals surface area contributed by atoms with Crippen LogP contribution in [0.3, 0.4) is 0 Å². The van der Waals surface area contributed by atoms with Crippen molar-refractivity contribution in [3.05, 3.63) is 27.2 Å². The molecule has 0 radical (unpaired) electrons. The Kier molecular flexibility index (Phi) is 3.02. The number of rotatable bonds is 3. The van der Waals surface area contributed by atoms with Crippen molar-refractivity contribution in [2.75, 3.05) is 0 Å². The molecule has 0 fully saturated rings. The summed E-state index contributed by atoms with van der Waals surface area (Å²) in [4.78, 5) is 2.59. The van der Waals surface area contributed by atoms with Crippen LogP contribution in [0.15, 0.2) is 6.07 Å². The summed E-state index contributed by atoms with van der Waals surface area (Å²) < 4.78 is 1.76. The molecule has 86 valence electrons. The molecule has 16 heavy (non-hydrogen) atoms. The first-order valence-electron chi connectivity index (χ1n) is 5.15. The Labute approximate surface area is 98.3 Å². The van der Waals surface area contributed by atoms with Crippen LogP contribution in [0.1, 0.15) is 34.1 Å². The molecule has 5 nitrogen and oxygen atoms in total. The zero-order valence-corrected chi connectivity index (χ0v) is 10.5. The van der Waals surface area contributed by atoms with Crippen molar-refractivity contribution < 1.29 is 0 Å². The van der Waals surface area contributed by atoms with E-state index in [2.05, 4.69) is 35.4 Å². The number of aromatic nitrogens is 4. The number of thiophene rings is 1. The second-order valence-electron chi connectivity index (χ2n) is 3.94. The van der Waals surface area contributed by atoms with E-state index in [1.165, 1.54) is 15.3 Å². The largest absolute Gasteiger partial charge is 0.322 e. The second kappa shape index (κ2) is 4.31. The summed E-state index contributed by atoms with van der Waals surface area (Å²) in [6.07, 6.45) is 0. The highest BCUT2D eigenvalue weighted by molar-refractivity contribution is 7.12. The molecule has 0 spiro atoms. The van der Waals surface area contributed by atoms with Crippen molar-refractivity contribution in [1.82, 2.24) is 20.2 Å². The van der Waals surface area contributed by atoms with Crippen LogP contribution in [-0.2, 0) is 6.54 Å². The van der Waals surface area contributed by atoms with Crippen molar-refractivity contribution in [3.63, 3.8) is 0 Å². The van der Waals surface area contributed by atoms with Gasteiger partial charge in [-0.15, -0.1) is 16.4 Å². The van der Waals surface area contributed by atoms with Crippen molar-refractivity contribution in [1.29, 1.82) is 0 Å². The fourth-order valence-corrected chi connectivity index (χ4v) is 2.56. The molecule has 2 aromatic heterocycles. The summed E-state index contributed by atoms with van der Waals surface area (Å²) in [5, 5.41) is 11.5. The molecular weight excluding hydrogens is 222 g/mol. The summed E-state index contributed by atoms with van der Waals surface area (Å²) in [6, 6.07) is 2.03. The van der Waals surface area contributed by atoms with Crippen LogP contribution in [0.25, 0.3) is 0 Å². The van der Waals surface area contributed by atoms with E-state index in [0.29, 0.717) is 6.54 Å². The second-order valence-corrected chi connectivity index (χ2v) is 5.28. The number of nitrogens with two attached hydrogens (primary N) is 1. The topological polar surface area (TPSA) is 69.6 Å². The van der Waals surface area contributed by atoms with E-state index in [0.717, 1.165) is 5.82 Å². The monoisotopic (exact) mass is 237 g/mol. The minimum atomic E-state index is -0.142. The third-order valence-corrected chi connectivity index (χ3v) is 3.63. The average Bonchev–Trinajstić information content (AvgIpc) is 2.75. The van der Waals surface area contributed by atoms with Gasteiger partial charge in [0.2, 0.25) is 0 Å². The lowest BCUT2D eigenvalue weighted by Crippen LogP contribution is -2.14. The lowest BCUT2D eigenvalue weighted by Gasteiger charge is -2.04. The van der Waals surface area contributed by atoms with Gasteiger partial charge in [-0.2, -0.15) is 0 Å². The van der Waals surface area contributed by atoms with Gasteiger partial charge in [-0.25, -0.2) is 4.68 Å². The van der Waals surface area contributed by atoms with Gasteiger partial charge in [0.25, 0.3) is 0 Å². The Balaban J connectivity index is 2.23. The molecule has 0 aromatic carbocycles. The number of hydrogen-bond acceptors (Lipinski definition) is 5. The van der Waals surface area contributed by atoms with Crippen LogP contribution in [0.5, 0.6) is 0 Å². The van der Waals surface area contributed by atoms with E-state index in [4.69, 9.17) is 5.73 Å². The molecule has 0 aliphatic heterocycles. The highest BCUT2D eigenvalue weighted by atomic mass is 32.1. The predicted octanol–water partition coefficient (Wildman–Crippen LogP) is 1.42. The molecule has 2 N–H and O–H groups in total. The van der Waals surface area contributed by atoms with E-state index in [9.17, 15) is 0 Å². The van der Waals surface area contributed by atoms with Crippen LogP contribution < -0.4 is 5.73 Å². The number of tetrazole rings is 1. The van der Waals surface area contributed by atoms with Crippen LogP contribution in [-0.4, -0.2) is 20.2 Å². The Morgan fingerprint density at radius 1 is 1.50 bits per heavy atom.